The lowest BCUT2D eigenvalue weighted by atomic mass is 10.0. The van der Waals surface area contributed by atoms with E-state index in [-0.39, 0.29) is 0 Å². The number of halogens is 5. The second-order valence-electron chi connectivity index (χ2n) is 4.06. The van der Waals surface area contributed by atoms with E-state index in [0.717, 1.165) is 6.07 Å². The van der Waals surface area contributed by atoms with Crippen molar-refractivity contribution in [3.05, 3.63) is 35.4 Å². The second-order valence-corrected chi connectivity index (χ2v) is 5.05. The minimum atomic E-state index is -5.11. The minimum Gasteiger partial charge on any atom is -0.481 e. The van der Waals surface area contributed by atoms with Crippen molar-refractivity contribution in [3.8, 4) is 0 Å². The third kappa shape index (κ3) is 5.17. The molecule has 1 aromatic carbocycles. The van der Waals surface area contributed by atoms with E-state index in [0.29, 0.717) is 23.9 Å². The van der Waals surface area contributed by atoms with Crippen LogP contribution in [0.15, 0.2) is 18.2 Å². The summed E-state index contributed by atoms with van der Waals surface area (Å²) in [6, 6.07) is -0.677. The highest BCUT2D eigenvalue weighted by atomic mass is 32.2. The molecule has 2 N–H and O–H groups in total. The standard InChI is InChI=1S/C12H10F5NO3S/c13-6-2-1-3-7(14)10(6)11(12(15,16)17)18-8(19)4-22-5-9(20)21/h1-3,11H,4-5H2,(H,18,19)(H,20,21). The smallest absolute Gasteiger partial charge is 0.413 e. The first-order chi connectivity index (χ1) is 10.1. The fraction of sp³-hybridized carbons (Fsp3) is 0.333. The van der Waals surface area contributed by atoms with Crippen LogP contribution in [0.4, 0.5) is 22.0 Å². The molecule has 1 atom stereocenters. The minimum absolute atomic E-state index is 0.488. The molecule has 1 aromatic rings. The number of aliphatic carboxylic acids is 1. The molecule has 0 bridgehead atoms. The quantitative estimate of drug-likeness (QED) is 0.779. The van der Waals surface area contributed by atoms with Crippen LogP contribution in [0, 0.1) is 11.6 Å². The van der Waals surface area contributed by atoms with Crippen LogP contribution in [0.25, 0.3) is 0 Å². The average Bonchev–Trinajstić information content (AvgIpc) is 2.35. The molecule has 122 valence electrons. The molecule has 0 radical (unpaired) electrons. The van der Waals surface area contributed by atoms with Crippen molar-refractivity contribution in [2.75, 3.05) is 11.5 Å². The summed E-state index contributed by atoms with van der Waals surface area (Å²) in [7, 11) is 0. The molecular formula is C12H10F5NO3S. The highest BCUT2D eigenvalue weighted by Gasteiger charge is 2.44. The largest absolute Gasteiger partial charge is 0.481 e. The molecule has 0 spiro atoms. The number of alkyl halides is 3. The van der Waals surface area contributed by atoms with Crippen molar-refractivity contribution >= 4 is 23.6 Å². The molecule has 1 rings (SSSR count). The molecular weight excluding hydrogens is 333 g/mol. The second kappa shape index (κ2) is 7.43. The Labute approximate surface area is 125 Å². The number of hydrogen-bond acceptors (Lipinski definition) is 3. The van der Waals surface area contributed by atoms with Gasteiger partial charge < -0.3 is 10.4 Å². The van der Waals surface area contributed by atoms with Crippen molar-refractivity contribution in [2.24, 2.45) is 0 Å². The van der Waals surface area contributed by atoms with Gasteiger partial charge in [0, 0.05) is 0 Å². The highest BCUT2D eigenvalue weighted by Crippen LogP contribution is 2.35. The Morgan fingerprint density at radius 2 is 1.73 bits per heavy atom. The van der Waals surface area contributed by atoms with Gasteiger partial charge in [-0.15, -0.1) is 11.8 Å². The molecule has 0 heterocycles. The van der Waals surface area contributed by atoms with Crippen LogP contribution in [-0.2, 0) is 9.59 Å². The lowest BCUT2D eigenvalue weighted by molar-refractivity contribution is -0.163. The van der Waals surface area contributed by atoms with E-state index < -0.39 is 52.8 Å². The number of hydrogen-bond donors (Lipinski definition) is 2. The molecule has 0 fully saturated rings. The number of rotatable bonds is 6. The number of carboxylic acid groups (broad SMARTS) is 1. The number of benzene rings is 1. The Morgan fingerprint density at radius 1 is 1.18 bits per heavy atom. The van der Waals surface area contributed by atoms with Gasteiger partial charge in [-0.1, -0.05) is 6.07 Å². The van der Waals surface area contributed by atoms with Crippen LogP contribution in [0.1, 0.15) is 11.6 Å². The first-order valence-electron chi connectivity index (χ1n) is 5.72. The summed E-state index contributed by atoms with van der Waals surface area (Å²) >= 11 is 0.559. The van der Waals surface area contributed by atoms with E-state index in [1.165, 1.54) is 5.32 Å². The van der Waals surface area contributed by atoms with Crippen LogP contribution in [0.3, 0.4) is 0 Å². The van der Waals surface area contributed by atoms with Crippen molar-refractivity contribution in [3.63, 3.8) is 0 Å². The highest BCUT2D eigenvalue weighted by molar-refractivity contribution is 8.00. The maximum Gasteiger partial charge on any atom is 0.413 e. The van der Waals surface area contributed by atoms with Crippen LogP contribution >= 0.6 is 11.8 Å². The van der Waals surface area contributed by atoms with Gasteiger partial charge in [-0.3, -0.25) is 9.59 Å². The third-order valence-electron chi connectivity index (χ3n) is 2.38. The Balaban J connectivity index is 2.92. The Hall–Kier alpha value is -1.84. The summed E-state index contributed by atoms with van der Waals surface area (Å²) in [5.41, 5.74) is -1.31. The number of thioether (sulfide) groups is 1. The number of carbonyl (C=O) groups excluding carboxylic acids is 1. The van der Waals surface area contributed by atoms with E-state index in [4.69, 9.17) is 5.11 Å². The van der Waals surface area contributed by atoms with Crippen molar-refractivity contribution in [1.29, 1.82) is 0 Å². The van der Waals surface area contributed by atoms with E-state index in [2.05, 4.69) is 0 Å². The maximum atomic E-state index is 13.5. The van der Waals surface area contributed by atoms with Gasteiger partial charge in [-0.05, 0) is 12.1 Å². The maximum absolute atomic E-state index is 13.5. The monoisotopic (exact) mass is 343 g/mol. The Morgan fingerprint density at radius 3 is 2.18 bits per heavy atom. The lowest BCUT2D eigenvalue weighted by Crippen LogP contribution is -2.40. The molecule has 22 heavy (non-hydrogen) atoms. The summed E-state index contributed by atoms with van der Waals surface area (Å²) in [6.45, 7) is 0. The fourth-order valence-electron chi connectivity index (χ4n) is 1.54. The number of amides is 1. The normalized spacial score (nSPS) is 12.8. The van der Waals surface area contributed by atoms with Gasteiger partial charge in [0.05, 0.1) is 17.1 Å². The van der Waals surface area contributed by atoms with Gasteiger partial charge in [0.2, 0.25) is 5.91 Å². The zero-order valence-corrected chi connectivity index (χ0v) is 11.6. The van der Waals surface area contributed by atoms with E-state index in [9.17, 15) is 31.5 Å². The zero-order chi connectivity index (χ0) is 16.9. The van der Waals surface area contributed by atoms with Gasteiger partial charge >= 0.3 is 12.1 Å². The predicted octanol–water partition coefficient (Wildman–Crippen LogP) is 2.50. The number of carboxylic acids is 1. The first-order valence-corrected chi connectivity index (χ1v) is 6.88. The van der Waals surface area contributed by atoms with Crippen LogP contribution in [0.2, 0.25) is 0 Å². The number of carbonyl (C=O) groups is 2. The lowest BCUT2D eigenvalue weighted by Gasteiger charge is -2.22. The first kappa shape index (κ1) is 18.2. The molecule has 0 saturated carbocycles. The van der Waals surface area contributed by atoms with Crippen molar-refractivity contribution in [1.82, 2.24) is 5.32 Å². The van der Waals surface area contributed by atoms with Gasteiger partial charge in [0.25, 0.3) is 0 Å². The molecule has 0 saturated heterocycles. The molecule has 0 aromatic heterocycles. The van der Waals surface area contributed by atoms with E-state index >= 15 is 0 Å². The topological polar surface area (TPSA) is 66.4 Å². The Kier molecular flexibility index (Phi) is 6.15. The fourth-order valence-corrected chi connectivity index (χ4v) is 2.08. The molecule has 0 aliphatic carbocycles. The summed E-state index contributed by atoms with van der Waals surface area (Å²) < 4.78 is 65.7. The summed E-state index contributed by atoms with van der Waals surface area (Å²) in [5, 5.41) is 9.83. The van der Waals surface area contributed by atoms with Crippen LogP contribution in [-0.4, -0.2) is 34.7 Å². The SMILES string of the molecule is O=C(O)CSCC(=O)NC(c1c(F)cccc1F)C(F)(F)F. The van der Waals surface area contributed by atoms with Gasteiger partial charge in [-0.25, -0.2) is 8.78 Å². The molecule has 0 aliphatic rings. The average molecular weight is 343 g/mol. The van der Waals surface area contributed by atoms with Crippen molar-refractivity contribution < 1.29 is 36.6 Å². The van der Waals surface area contributed by atoms with E-state index in [1.54, 1.807) is 0 Å². The molecule has 1 unspecified atom stereocenters. The molecule has 4 nitrogen and oxygen atoms in total. The van der Waals surface area contributed by atoms with Crippen molar-refractivity contribution in [2.45, 2.75) is 12.2 Å². The van der Waals surface area contributed by atoms with Gasteiger partial charge in [0.15, 0.2) is 6.04 Å². The summed E-state index contributed by atoms with van der Waals surface area (Å²) in [4.78, 5) is 21.6. The Bertz CT molecular complexity index is 544. The zero-order valence-electron chi connectivity index (χ0n) is 10.8. The third-order valence-corrected chi connectivity index (χ3v) is 3.30. The number of nitrogens with one attached hydrogen (secondary N) is 1. The summed E-state index contributed by atoms with van der Waals surface area (Å²) in [6.07, 6.45) is -5.11. The van der Waals surface area contributed by atoms with Gasteiger partial charge in [0.1, 0.15) is 11.6 Å². The summed E-state index contributed by atoms with van der Waals surface area (Å²) in [5.74, 6) is -6.39. The van der Waals surface area contributed by atoms with E-state index in [1.807, 2.05) is 0 Å². The molecule has 1 amide bonds. The van der Waals surface area contributed by atoms with Gasteiger partial charge in [-0.2, -0.15) is 13.2 Å². The predicted molar refractivity (Wildman–Crippen MR) is 68.3 cm³/mol. The van der Waals surface area contributed by atoms with Crippen LogP contribution < -0.4 is 5.32 Å². The molecule has 10 heteroatoms. The van der Waals surface area contributed by atoms with Crippen LogP contribution in [0.5, 0.6) is 0 Å². The molecule has 0 aliphatic heterocycles.